The lowest BCUT2D eigenvalue weighted by atomic mass is 9.91. The van der Waals surface area contributed by atoms with Crippen LogP contribution in [-0.2, 0) is 0 Å². The fourth-order valence-electron chi connectivity index (χ4n) is 4.54. The zero-order valence-corrected chi connectivity index (χ0v) is 15.5. The number of benzene rings is 2. The lowest BCUT2D eigenvalue weighted by molar-refractivity contribution is 0.302. The molecule has 128 valence electrons. The predicted octanol–water partition coefficient (Wildman–Crippen LogP) is 5.27. The van der Waals surface area contributed by atoms with Crippen LogP contribution in [0.2, 0.25) is 0 Å². The van der Waals surface area contributed by atoms with Crippen molar-refractivity contribution in [1.82, 2.24) is 4.90 Å². The quantitative estimate of drug-likeness (QED) is 0.740. The van der Waals surface area contributed by atoms with E-state index in [0.717, 1.165) is 0 Å². The highest BCUT2D eigenvalue weighted by molar-refractivity contribution is 5.58. The highest BCUT2D eigenvalue weighted by atomic mass is 15.4. The molecular formula is C23H26N2. The van der Waals surface area contributed by atoms with E-state index in [1.807, 2.05) is 0 Å². The van der Waals surface area contributed by atoms with Crippen molar-refractivity contribution in [3.63, 3.8) is 0 Å². The molecule has 2 nitrogen and oxygen atoms in total. The number of hydrogen-bond acceptors (Lipinski definition) is 2. The van der Waals surface area contributed by atoms with Crippen molar-refractivity contribution >= 4 is 5.69 Å². The Kier molecular flexibility index (Phi) is 3.91. The third kappa shape index (κ3) is 2.48. The Morgan fingerprint density at radius 1 is 0.800 bits per heavy atom. The molecule has 0 spiro atoms. The van der Waals surface area contributed by atoms with E-state index in [9.17, 15) is 0 Å². The monoisotopic (exact) mass is 330 g/mol. The number of hydrogen-bond donors (Lipinski definition) is 0. The van der Waals surface area contributed by atoms with E-state index < -0.39 is 0 Å². The molecular weight excluding hydrogens is 304 g/mol. The van der Waals surface area contributed by atoms with Crippen LogP contribution in [0.15, 0.2) is 66.9 Å². The standard InChI is InChI=1S/C23H26N2/c1-16-10-5-6-13-20(16)25-19(4)23(24-15-8-7-14-21(24)25)22-17(2)11-9-12-18(22)3/h5-15,19,21,23H,1-4H3/t19-,21?,23?/m0/s1. The zero-order chi connectivity index (χ0) is 17.6. The van der Waals surface area contributed by atoms with Crippen LogP contribution in [0.5, 0.6) is 0 Å². The SMILES string of the molecule is Cc1ccccc1N1C2C=CC=CN2C(c2c(C)cccc2C)[C@@H]1C. The minimum atomic E-state index is 0.269. The highest BCUT2D eigenvalue weighted by Gasteiger charge is 2.44. The van der Waals surface area contributed by atoms with Crippen molar-refractivity contribution in [1.29, 1.82) is 0 Å². The van der Waals surface area contributed by atoms with Crippen LogP contribution in [0.25, 0.3) is 0 Å². The van der Waals surface area contributed by atoms with Crippen LogP contribution in [0.3, 0.4) is 0 Å². The van der Waals surface area contributed by atoms with Gasteiger partial charge in [-0.05, 0) is 68.2 Å². The van der Waals surface area contributed by atoms with Crippen molar-refractivity contribution in [2.24, 2.45) is 0 Å². The second kappa shape index (κ2) is 6.11. The molecule has 2 unspecified atom stereocenters. The van der Waals surface area contributed by atoms with Crippen LogP contribution in [0, 0.1) is 20.8 Å². The first kappa shape index (κ1) is 16.0. The molecule has 1 saturated heterocycles. The number of anilines is 1. The number of rotatable bonds is 2. The Morgan fingerprint density at radius 3 is 2.20 bits per heavy atom. The molecule has 0 aliphatic carbocycles. The van der Waals surface area contributed by atoms with Gasteiger partial charge in [0.25, 0.3) is 0 Å². The molecule has 2 aliphatic rings. The minimum absolute atomic E-state index is 0.269. The first-order valence-electron chi connectivity index (χ1n) is 9.12. The summed E-state index contributed by atoms with van der Waals surface area (Å²) in [6.07, 6.45) is 9.18. The second-order valence-electron chi connectivity index (χ2n) is 7.27. The third-order valence-corrected chi connectivity index (χ3v) is 5.69. The summed E-state index contributed by atoms with van der Waals surface area (Å²) in [5.41, 5.74) is 6.89. The summed E-state index contributed by atoms with van der Waals surface area (Å²) in [5.74, 6) is 0. The predicted molar refractivity (Wildman–Crippen MR) is 106 cm³/mol. The van der Waals surface area contributed by atoms with Gasteiger partial charge in [-0.3, -0.25) is 0 Å². The maximum atomic E-state index is 2.58. The summed E-state index contributed by atoms with van der Waals surface area (Å²) in [7, 11) is 0. The summed E-state index contributed by atoms with van der Waals surface area (Å²) in [4.78, 5) is 5.10. The number of aryl methyl sites for hydroxylation is 3. The van der Waals surface area contributed by atoms with Gasteiger partial charge in [-0.1, -0.05) is 42.5 Å². The molecule has 25 heavy (non-hydrogen) atoms. The molecule has 0 bridgehead atoms. The topological polar surface area (TPSA) is 6.48 Å². The molecule has 4 rings (SSSR count). The van der Waals surface area contributed by atoms with Crippen molar-refractivity contribution < 1.29 is 0 Å². The van der Waals surface area contributed by atoms with E-state index in [1.54, 1.807) is 0 Å². The van der Waals surface area contributed by atoms with E-state index >= 15 is 0 Å². The molecule has 0 radical (unpaired) electrons. The molecule has 0 amide bonds. The van der Waals surface area contributed by atoms with Gasteiger partial charge in [-0.25, -0.2) is 0 Å². The summed E-state index contributed by atoms with van der Waals surface area (Å²) >= 11 is 0. The molecule has 2 aromatic carbocycles. The van der Waals surface area contributed by atoms with E-state index in [4.69, 9.17) is 0 Å². The maximum absolute atomic E-state index is 2.58. The Hall–Kier alpha value is -2.48. The largest absolute Gasteiger partial charge is 0.345 e. The van der Waals surface area contributed by atoms with Gasteiger partial charge >= 0.3 is 0 Å². The van der Waals surface area contributed by atoms with Crippen molar-refractivity contribution in [2.75, 3.05) is 4.90 Å². The van der Waals surface area contributed by atoms with Gasteiger partial charge in [0.2, 0.25) is 0 Å². The number of nitrogens with zero attached hydrogens (tertiary/aromatic N) is 2. The van der Waals surface area contributed by atoms with Gasteiger partial charge in [0, 0.05) is 11.9 Å². The third-order valence-electron chi connectivity index (χ3n) is 5.69. The molecule has 3 atom stereocenters. The highest BCUT2D eigenvalue weighted by Crippen LogP contribution is 2.44. The first-order valence-corrected chi connectivity index (χ1v) is 9.12. The number of fused-ring (bicyclic) bond motifs is 1. The van der Waals surface area contributed by atoms with Crippen LogP contribution < -0.4 is 4.90 Å². The molecule has 1 fully saturated rings. The average molecular weight is 330 g/mol. The van der Waals surface area contributed by atoms with Gasteiger partial charge < -0.3 is 9.80 Å². The summed E-state index contributed by atoms with van der Waals surface area (Å²) in [6, 6.07) is 16.1. The van der Waals surface area contributed by atoms with Crippen LogP contribution in [0.4, 0.5) is 5.69 Å². The smallest absolute Gasteiger partial charge is 0.122 e. The Balaban J connectivity index is 1.86. The lowest BCUT2D eigenvalue weighted by Gasteiger charge is -2.32. The second-order valence-corrected chi connectivity index (χ2v) is 7.27. The molecule has 2 aromatic rings. The van der Waals surface area contributed by atoms with E-state index in [-0.39, 0.29) is 6.17 Å². The van der Waals surface area contributed by atoms with E-state index in [0.29, 0.717) is 12.1 Å². The van der Waals surface area contributed by atoms with Crippen molar-refractivity contribution in [2.45, 2.75) is 45.9 Å². The summed E-state index contributed by atoms with van der Waals surface area (Å²) in [6.45, 7) is 9.05. The van der Waals surface area contributed by atoms with E-state index in [1.165, 1.54) is 27.9 Å². The number of allylic oxidation sites excluding steroid dienone is 2. The van der Waals surface area contributed by atoms with Crippen LogP contribution >= 0.6 is 0 Å². The fraction of sp³-hybridized carbons (Fsp3) is 0.304. The fourth-order valence-corrected chi connectivity index (χ4v) is 4.54. The van der Waals surface area contributed by atoms with Crippen molar-refractivity contribution in [3.8, 4) is 0 Å². The molecule has 0 N–H and O–H groups in total. The van der Waals surface area contributed by atoms with Crippen LogP contribution in [-0.4, -0.2) is 17.1 Å². The van der Waals surface area contributed by atoms with E-state index in [2.05, 4.69) is 104 Å². The van der Waals surface area contributed by atoms with Gasteiger partial charge in [0.05, 0.1) is 12.1 Å². The van der Waals surface area contributed by atoms with Gasteiger partial charge in [0.15, 0.2) is 0 Å². The molecule has 2 heterocycles. The maximum Gasteiger partial charge on any atom is 0.122 e. The summed E-state index contributed by atoms with van der Waals surface area (Å²) in [5, 5.41) is 0. The van der Waals surface area contributed by atoms with Gasteiger partial charge in [-0.15, -0.1) is 0 Å². The Labute approximate surface area is 151 Å². The zero-order valence-electron chi connectivity index (χ0n) is 15.5. The summed E-state index contributed by atoms with van der Waals surface area (Å²) < 4.78 is 0. The van der Waals surface area contributed by atoms with Gasteiger partial charge in [0.1, 0.15) is 6.17 Å². The Morgan fingerprint density at radius 2 is 1.48 bits per heavy atom. The normalized spacial score (nSPS) is 24.7. The molecule has 0 aromatic heterocycles. The van der Waals surface area contributed by atoms with Crippen molar-refractivity contribution in [3.05, 3.63) is 89.1 Å². The molecule has 2 heteroatoms. The average Bonchev–Trinajstić information content (AvgIpc) is 2.88. The van der Waals surface area contributed by atoms with Crippen LogP contribution in [0.1, 0.15) is 35.2 Å². The lowest BCUT2D eigenvalue weighted by Crippen LogP contribution is -2.38. The first-order chi connectivity index (χ1) is 12.1. The Bertz CT molecular complexity index is 829. The molecule has 0 saturated carbocycles. The van der Waals surface area contributed by atoms with Gasteiger partial charge in [-0.2, -0.15) is 0 Å². The minimum Gasteiger partial charge on any atom is -0.345 e. The number of para-hydroxylation sites is 1. The molecule has 2 aliphatic heterocycles.